The van der Waals surface area contributed by atoms with Crippen molar-refractivity contribution in [2.45, 2.75) is 33.6 Å². The van der Waals surface area contributed by atoms with Gasteiger partial charge in [-0.2, -0.15) is 0 Å². The quantitative estimate of drug-likeness (QED) is 0.518. The first-order valence-corrected chi connectivity index (χ1v) is 10.5. The number of para-hydroxylation sites is 1. The number of carbonyl (C=O) groups excluding carboxylic acids is 2. The van der Waals surface area contributed by atoms with Crippen molar-refractivity contribution in [3.63, 3.8) is 0 Å². The first-order valence-electron chi connectivity index (χ1n) is 10.1. The lowest BCUT2D eigenvalue weighted by atomic mass is 10.1. The molecular weight excluding hydrogens is 398 g/mol. The van der Waals surface area contributed by atoms with Gasteiger partial charge in [-0.15, -0.1) is 0 Å². The molecule has 6 nitrogen and oxygen atoms in total. The number of anilines is 1. The highest BCUT2D eigenvalue weighted by Crippen LogP contribution is 2.16. The lowest BCUT2D eigenvalue weighted by Gasteiger charge is -2.14. The van der Waals surface area contributed by atoms with Gasteiger partial charge in [-0.1, -0.05) is 39.0 Å². The molecule has 7 heteroatoms. The molecule has 0 saturated carbocycles. The molecule has 0 unspecified atom stereocenters. The van der Waals surface area contributed by atoms with Gasteiger partial charge in [-0.3, -0.25) is 14.9 Å². The number of benzene rings is 2. The molecule has 0 radical (unpaired) electrons. The zero-order valence-corrected chi connectivity index (χ0v) is 18.5. The Morgan fingerprint density at radius 3 is 2.57 bits per heavy atom. The van der Waals surface area contributed by atoms with Crippen molar-refractivity contribution in [2.24, 2.45) is 5.92 Å². The van der Waals surface area contributed by atoms with Crippen LogP contribution in [0.2, 0.25) is 0 Å². The number of thiocarbonyl (C=S) groups is 1. The van der Waals surface area contributed by atoms with E-state index in [1.165, 1.54) is 0 Å². The highest BCUT2D eigenvalue weighted by molar-refractivity contribution is 7.80. The summed E-state index contributed by atoms with van der Waals surface area (Å²) >= 11 is 5.27. The van der Waals surface area contributed by atoms with Crippen molar-refractivity contribution >= 4 is 34.8 Å². The first kappa shape index (κ1) is 23.3. The topological polar surface area (TPSA) is 79.5 Å². The molecule has 0 atom stereocenters. The fraction of sp³-hybridized carbons (Fsp3) is 0.348. The van der Waals surface area contributed by atoms with E-state index < -0.39 is 0 Å². The predicted molar refractivity (Wildman–Crippen MR) is 124 cm³/mol. The standard InChI is InChI=1S/C23H29N3O3S/c1-4-13-24-22(28)19-10-5-6-11-20(19)25-23(30)26-21(27)17-8-7-9-18(15-17)29-14-12-16(2)3/h5-11,15-16H,4,12-14H2,1-3H3,(H,24,28)(H2,25,26,27,30). The van der Waals surface area contributed by atoms with Crippen molar-refractivity contribution in [1.29, 1.82) is 0 Å². The molecule has 0 spiro atoms. The van der Waals surface area contributed by atoms with Gasteiger partial charge in [0.05, 0.1) is 17.9 Å². The van der Waals surface area contributed by atoms with E-state index in [0.29, 0.717) is 41.6 Å². The molecule has 2 aromatic rings. The monoisotopic (exact) mass is 427 g/mol. The maximum Gasteiger partial charge on any atom is 0.257 e. The van der Waals surface area contributed by atoms with E-state index in [1.807, 2.05) is 13.0 Å². The van der Waals surface area contributed by atoms with E-state index in [0.717, 1.165) is 12.8 Å². The van der Waals surface area contributed by atoms with Crippen molar-refractivity contribution in [2.75, 3.05) is 18.5 Å². The summed E-state index contributed by atoms with van der Waals surface area (Å²) < 4.78 is 5.71. The van der Waals surface area contributed by atoms with Gasteiger partial charge in [-0.25, -0.2) is 0 Å². The maximum absolute atomic E-state index is 12.6. The SMILES string of the molecule is CCCNC(=O)c1ccccc1NC(=S)NC(=O)c1cccc(OCCC(C)C)c1. The Kier molecular flexibility index (Phi) is 9.28. The van der Waals surface area contributed by atoms with Crippen LogP contribution in [0.1, 0.15) is 54.3 Å². The van der Waals surface area contributed by atoms with Gasteiger partial charge in [0.1, 0.15) is 5.75 Å². The zero-order valence-electron chi connectivity index (χ0n) is 17.7. The second-order valence-corrected chi connectivity index (χ2v) is 7.68. The van der Waals surface area contributed by atoms with E-state index in [2.05, 4.69) is 29.8 Å². The number of ether oxygens (including phenoxy) is 1. The van der Waals surface area contributed by atoms with Gasteiger partial charge in [0, 0.05) is 12.1 Å². The van der Waals surface area contributed by atoms with E-state index in [-0.39, 0.29) is 16.9 Å². The molecule has 2 aromatic carbocycles. The minimum atomic E-state index is -0.352. The van der Waals surface area contributed by atoms with Crippen molar-refractivity contribution in [3.05, 3.63) is 59.7 Å². The Balaban J connectivity index is 1.99. The second-order valence-electron chi connectivity index (χ2n) is 7.27. The molecule has 3 N–H and O–H groups in total. The second kappa shape index (κ2) is 11.9. The van der Waals surface area contributed by atoms with Gasteiger partial charge in [0.25, 0.3) is 11.8 Å². The molecule has 30 heavy (non-hydrogen) atoms. The summed E-state index contributed by atoms with van der Waals surface area (Å²) in [6.45, 7) is 7.43. The van der Waals surface area contributed by atoms with Crippen molar-refractivity contribution in [3.8, 4) is 5.75 Å². The Bertz CT molecular complexity index is 884. The van der Waals surface area contributed by atoms with E-state index in [1.54, 1.807) is 42.5 Å². The van der Waals surface area contributed by atoms with Crippen LogP contribution in [0.5, 0.6) is 5.75 Å². The van der Waals surface area contributed by atoms with Crippen molar-refractivity contribution < 1.29 is 14.3 Å². The van der Waals surface area contributed by atoms with E-state index >= 15 is 0 Å². The van der Waals surface area contributed by atoms with Crippen LogP contribution in [-0.2, 0) is 0 Å². The number of amides is 2. The lowest BCUT2D eigenvalue weighted by molar-refractivity contribution is 0.0952. The van der Waals surface area contributed by atoms with Gasteiger partial charge in [-0.05, 0) is 61.3 Å². The van der Waals surface area contributed by atoms with Crippen LogP contribution in [0, 0.1) is 5.92 Å². The molecule has 2 amide bonds. The van der Waals surface area contributed by atoms with Gasteiger partial charge in [0.2, 0.25) is 0 Å². The Labute approximate surface area is 183 Å². The minimum Gasteiger partial charge on any atom is -0.494 e. The highest BCUT2D eigenvalue weighted by Gasteiger charge is 2.13. The number of hydrogen-bond donors (Lipinski definition) is 3. The first-order chi connectivity index (χ1) is 14.4. The normalized spacial score (nSPS) is 10.4. The summed E-state index contributed by atoms with van der Waals surface area (Å²) in [6, 6.07) is 14.0. The number of nitrogens with one attached hydrogen (secondary N) is 3. The molecule has 0 bridgehead atoms. The van der Waals surface area contributed by atoms with Crippen LogP contribution < -0.4 is 20.7 Å². The zero-order chi connectivity index (χ0) is 21.9. The smallest absolute Gasteiger partial charge is 0.257 e. The summed E-state index contributed by atoms with van der Waals surface area (Å²) in [6.07, 6.45) is 1.78. The molecular formula is C23H29N3O3S. The fourth-order valence-electron chi connectivity index (χ4n) is 2.59. The largest absolute Gasteiger partial charge is 0.494 e. The summed E-state index contributed by atoms with van der Waals surface area (Å²) in [4.78, 5) is 24.9. The lowest BCUT2D eigenvalue weighted by Crippen LogP contribution is -2.35. The average molecular weight is 428 g/mol. The van der Waals surface area contributed by atoms with Gasteiger partial charge >= 0.3 is 0 Å². The fourth-order valence-corrected chi connectivity index (χ4v) is 2.79. The van der Waals surface area contributed by atoms with Crippen LogP contribution >= 0.6 is 12.2 Å². The van der Waals surface area contributed by atoms with Crippen LogP contribution in [0.3, 0.4) is 0 Å². The molecule has 0 aliphatic rings. The molecule has 0 heterocycles. The third-order valence-corrected chi connectivity index (χ3v) is 4.45. The van der Waals surface area contributed by atoms with E-state index in [9.17, 15) is 9.59 Å². The predicted octanol–water partition coefficient (Wildman–Crippen LogP) is 4.38. The van der Waals surface area contributed by atoms with E-state index in [4.69, 9.17) is 17.0 Å². The van der Waals surface area contributed by atoms with Crippen molar-refractivity contribution in [1.82, 2.24) is 10.6 Å². The molecule has 160 valence electrons. The molecule has 0 saturated heterocycles. The van der Waals surface area contributed by atoms with Gasteiger partial charge < -0.3 is 15.4 Å². The van der Waals surface area contributed by atoms with Crippen LogP contribution in [0.4, 0.5) is 5.69 Å². The van der Waals surface area contributed by atoms with Gasteiger partial charge in [0.15, 0.2) is 5.11 Å². The number of hydrogen-bond acceptors (Lipinski definition) is 4. The Morgan fingerprint density at radius 2 is 1.83 bits per heavy atom. The molecule has 0 aliphatic carbocycles. The summed E-state index contributed by atoms with van der Waals surface area (Å²) in [7, 11) is 0. The maximum atomic E-state index is 12.6. The summed E-state index contributed by atoms with van der Waals surface area (Å²) in [5.41, 5.74) is 1.43. The summed E-state index contributed by atoms with van der Waals surface area (Å²) in [5.74, 6) is 0.641. The summed E-state index contributed by atoms with van der Waals surface area (Å²) in [5, 5.41) is 8.54. The number of rotatable bonds is 9. The molecule has 0 aliphatic heterocycles. The highest BCUT2D eigenvalue weighted by atomic mass is 32.1. The molecule has 2 rings (SSSR count). The Morgan fingerprint density at radius 1 is 1.07 bits per heavy atom. The Hall–Kier alpha value is -2.93. The molecule has 0 fully saturated rings. The third kappa shape index (κ3) is 7.48. The van der Waals surface area contributed by atoms with Crippen LogP contribution in [0.15, 0.2) is 48.5 Å². The van der Waals surface area contributed by atoms with Crippen LogP contribution in [0.25, 0.3) is 0 Å². The minimum absolute atomic E-state index is 0.113. The third-order valence-electron chi connectivity index (χ3n) is 4.24. The van der Waals surface area contributed by atoms with Crippen LogP contribution in [-0.4, -0.2) is 30.1 Å². The number of carbonyl (C=O) groups is 2. The molecule has 0 aromatic heterocycles. The average Bonchev–Trinajstić information content (AvgIpc) is 2.72.